The smallest absolute Gasteiger partial charge is 0.223 e. The van der Waals surface area contributed by atoms with Crippen LogP contribution in [0.5, 0.6) is 0 Å². The highest BCUT2D eigenvalue weighted by molar-refractivity contribution is 5.77. The fraction of sp³-hybridized carbons (Fsp3) is 0.750. The van der Waals surface area contributed by atoms with Crippen LogP contribution >= 0.6 is 0 Å². The second kappa shape index (κ2) is 5.91. The molecule has 0 aromatic rings. The average molecular weight is 211 g/mol. The van der Waals surface area contributed by atoms with Crippen molar-refractivity contribution >= 4 is 5.91 Å². The quantitative estimate of drug-likeness (QED) is 0.679. The average Bonchev–Trinajstić information content (AvgIpc) is 2.28. The summed E-state index contributed by atoms with van der Waals surface area (Å²) in [4.78, 5) is 11.3. The van der Waals surface area contributed by atoms with Gasteiger partial charge in [-0.3, -0.25) is 4.79 Å². The van der Waals surface area contributed by atoms with Gasteiger partial charge in [-0.1, -0.05) is 25.3 Å². The third kappa shape index (κ3) is 3.67. The van der Waals surface area contributed by atoms with Crippen LogP contribution in [0.2, 0.25) is 0 Å². The molecule has 1 amide bonds. The Morgan fingerprint density at radius 2 is 2.07 bits per heavy atom. The summed E-state index contributed by atoms with van der Waals surface area (Å²) in [6.07, 6.45) is 7.59. The third-order valence-corrected chi connectivity index (χ3v) is 3.24. The predicted molar refractivity (Wildman–Crippen MR) is 60.4 cm³/mol. The van der Waals surface area contributed by atoms with Crippen molar-refractivity contribution in [3.05, 3.63) is 12.7 Å². The van der Waals surface area contributed by atoms with Crippen molar-refractivity contribution in [1.82, 2.24) is 5.32 Å². The molecule has 1 fully saturated rings. The third-order valence-electron chi connectivity index (χ3n) is 3.24. The van der Waals surface area contributed by atoms with Crippen LogP contribution in [0, 0.1) is 5.41 Å². The zero-order chi connectivity index (χ0) is 11.1. The molecule has 0 aromatic heterocycles. The van der Waals surface area contributed by atoms with E-state index in [9.17, 15) is 9.90 Å². The van der Waals surface area contributed by atoms with Gasteiger partial charge in [-0.15, -0.1) is 6.58 Å². The molecule has 0 saturated heterocycles. The van der Waals surface area contributed by atoms with Crippen LogP contribution < -0.4 is 5.32 Å². The zero-order valence-corrected chi connectivity index (χ0v) is 9.30. The SMILES string of the molecule is C=CCC(=O)NCC1(CO)CCCCC1. The minimum absolute atomic E-state index is 0.00315. The first-order valence-electron chi connectivity index (χ1n) is 5.71. The Labute approximate surface area is 91.6 Å². The molecule has 2 N–H and O–H groups in total. The molecule has 0 unspecified atom stereocenters. The van der Waals surface area contributed by atoms with E-state index in [0.717, 1.165) is 25.7 Å². The number of amides is 1. The topological polar surface area (TPSA) is 49.3 Å². The number of aliphatic hydroxyl groups is 1. The molecule has 1 saturated carbocycles. The molecule has 1 aliphatic rings. The standard InChI is InChI=1S/C12H21NO2/c1-2-6-11(15)13-9-12(10-14)7-4-3-5-8-12/h2,14H,1,3-10H2,(H,13,15). The lowest BCUT2D eigenvalue weighted by molar-refractivity contribution is -0.121. The van der Waals surface area contributed by atoms with Gasteiger partial charge in [0.2, 0.25) is 5.91 Å². The molecule has 0 aliphatic heterocycles. The number of carbonyl (C=O) groups excluding carboxylic acids is 1. The van der Waals surface area contributed by atoms with Crippen molar-refractivity contribution in [2.45, 2.75) is 38.5 Å². The van der Waals surface area contributed by atoms with Gasteiger partial charge in [0, 0.05) is 18.4 Å². The largest absolute Gasteiger partial charge is 0.396 e. The first kappa shape index (κ1) is 12.2. The van der Waals surface area contributed by atoms with Crippen LogP contribution in [-0.4, -0.2) is 24.2 Å². The first-order chi connectivity index (χ1) is 7.22. The molecule has 15 heavy (non-hydrogen) atoms. The predicted octanol–water partition coefficient (Wildman–Crippen LogP) is 1.62. The maximum Gasteiger partial charge on any atom is 0.223 e. The molecule has 0 aromatic carbocycles. The Morgan fingerprint density at radius 1 is 1.40 bits per heavy atom. The van der Waals surface area contributed by atoms with Gasteiger partial charge in [0.1, 0.15) is 0 Å². The molecule has 3 nitrogen and oxygen atoms in total. The van der Waals surface area contributed by atoms with Crippen molar-refractivity contribution in [3.8, 4) is 0 Å². The van der Waals surface area contributed by atoms with E-state index in [2.05, 4.69) is 11.9 Å². The molecular formula is C12H21NO2. The summed E-state index contributed by atoms with van der Waals surface area (Å²) in [6.45, 7) is 4.31. The van der Waals surface area contributed by atoms with Crippen molar-refractivity contribution in [2.24, 2.45) is 5.41 Å². The summed E-state index contributed by atoms with van der Waals surface area (Å²) >= 11 is 0. The number of hydrogen-bond acceptors (Lipinski definition) is 2. The van der Waals surface area contributed by atoms with Gasteiger partial charge in [0.25, 0.3) is 0 Å². The van der Waals surface area contributed by atoms with E-state index >= 15 is 0 Å². The van der Waals surface area contributed by atoms with Crippen LogP contribution in [-0.2, 0) is 4.79 Å². The van der Waals surface area contributed by atoms with Gasteiger partial charge in [0.05, 0.1) is 6.61 Å². The van der Waals surface area contributed by atoms with Crippen molar-refractivity contribution in [2.75, 3.05) is 13.2 Å². The molecule has 0 atom stereocenters. The summed E-state index contributed by atoms with van der Waals surface area (Å²) in [6, 6.07) is 0. The van der Waals surface area contributed by atoms with Crippen LogP contribution in [0.25, 0.3) is 0 Å². The molecular weight excluding hydrogens is 190 g/mol. The number of nitrogens with one attached hydrogen (secondary N) is 1. The molecule has 86 valence electrons. The first-order valence-corrected chi connectivity index (χ1v) is 5.71. The molecule has 1 rings (SSSR count). The Bertz CT molecular complexity index is 220. The minimum Gasteiger partial charge on any atom is -0.396 e. The lowest BCUT2D eigenvalue weighted by Gasteiger charge is -2.35. The Morgan fingerprint density at radius 3 is 2.60 bits per heavy atom. The zero-order valence-electron chi connectivity index (χ0n) is 9.30. The van der Waals surface area contributed by atoms with Crippen LogP contribution in [0.15, 0.2) is 12.7 Å². The highest BCUT2D eigenvalue weighted by Gasteiger charge is 2.31. The molecule has 3 heteroatoms. The highest BCUT2D eigenvalue weighted by Crippen LogP contribution is 2.35. The fourth-order valence-electron chi connectivity index (χ4n) is 2.18. The Balaban J connectivity index is 2.38. The van der Waals surface area contributed by atoms with E-state index in [0.29, 0.717) is 13.0 Å². The van der Waals surface area contributed by atoms with Crippen LogP contribution in [0.3, 0.4) is 0 Å². The monoisotopic (exact) mass is 211 g/mol. The number of carbonyl (C=O) groups is 1. The Hall–Kier alpha value is -0.830. The van der Waals surface area contributed by atoms with Crippen molar-refractivity contribution in [3.63, 3.8) is 0 Å². The lowest BCUT2D eigenvalue weighted by atomic mass is 9.74. The summed E-state index contributed by atoms with van der Waals surface area (Å²) < 4.78 is 0. The van der Waals surface area contributed by atoms with E-state index in [1.54, 1.807) is 6.08 Å². The molecule has 1 aliphatic carbocycles. The second-order valence-corrected chi connectivity index (χ2v) is 4.49. The van der Waals surface area contributed by atoms with Gasteiger partial charge in [-0.2, -0.15) is 0 Å². The summed E-state index contributed by atoms with van der Waals surface area (Å²) in [5.74, 6) is 0.00315. The van der Waals surface area contributed by atoms with E-state index in [4.69, 9.17) is 0 Å². The van der Waals surface area contributed by atoms with Gasteiger partial charge >= 0.3 is 0 Å². The number of rotatable bonds is 5. The molecule has 0 radical (unpaired) electrons. The van der Waals surface area contributed by atoms with E-state index in [1.807, 2.05) is 0 Å². The van der Waals surface area contributed by atoms with Crippen LogP contribution in [0.4, 0.5) is 0 Å². The van der Waals surface area contributed by atoms with Crippen LogP contribution in [0.1, 0.15) is 38.5 Å². The summed E-state index contributed by atoms with van der Waals surface area (Å²) in [5.41, 5.74) is -0.0604. The van der Waals surface area contributed by atoms with Gasteiger partial charge < -0.3 is 10.4 Å². The minimum atomic E-state index is -0.0604. The number of hydrogen-bond donors (Lipinski definition) is 2. The maximum absolute atomic E-state index is 11.3. The molecule has 0 spiro atoms. The maximum atomic E-state index is 11.3. The van der Waals surface area contributed by atoms with Gasteiger partial charge in [0.15, 0.2) is 0 Å². The molecule has 0 heterocycles. The van der Waals surface area contributed by atoms with E-state index in [1.165, 1.54) is 6.42 Å². The van der Waals surface area contributed by atoms with Crippen molar-refractivity contribution in [1.29, 1.82) is 0 Å². The number of aliphatic hydroxyl groups excluding tert-OH is 1. The Kier molecular flexibility index (Phi) is 4.82. The fourth-order valence-corrected chi connectivity index (χ4v) is 2.18. The summed E-state index contributed by atoms with van der Waals surface area (Å²) in [7, 11) is 0. The van der Waals surface area contributed by atoms with Gasteiger partial charge in [-0.25, -0.2) is 0 Å². The highest BCUT2D eigenvalue weighted by atomic mass is 16.3. The normalized spacial score (nSPS) is 19.5. The van der Waals surface area contributed by atoms with E-state index < -0.39 is 0 Å². The molecule has 0 bridgehead atoms. The lowest BCUT2D eigenvalue weighted by Crippen LogP contribution is -2.41. The van der Waals surface area contributed by atoms with E-state index in [-0.39, 0.29) is 17.9 Å². The summed E-state index contributed by atoms with van der Waals surface area (Å²) in [5, 5.41) is 12.3. The second-order valence-electron chi connectivity index (χ2n) is 4.49. The van der Waals surface area contributed by atoms with Gasteiger partial charge in [-0.05, 0) is 12.8 Å². The van der Waals surface area contributed by atoms with Crippen molar-refractivity contribution < 1.29 is 9.90 Å².